The summed E-state index contributed by atoms with van der Waals surface area (Å²) in [5.74, 6) is 0. The van der Waals surface area contributed by atoms with E-state index in [2.05, 4.69) is 6.07 Å². The van der Waals surface area contributed by atoms with Crippen molar-refractivity contribution in [1.82, 2.24) is 0 Å². The third-order valence-electron chi connectivity index (χ3n) is 3.40. The van der Waals surface area contributed by atoms with Gasteiger partial charge in [-0.25, -0.2) is 0 Å². The largest absolute Gasteiger partial charge is 0.416 e. The van der Waals surface area contributed by atoms with Gasteiger partial charge in [-0.2, -0.15) is 26.3 Å². The monoisotopic (exact) mass is 331 g/mol. The summed E-state index contributed by atoms with van der Waals surface area (Å²) in [7, 11) is 0. The van der Waals surface area contributed by atoms with Crippen LogP contribution in [-0.2, 0) is 19.0 Å². The van der Waals surface area contributed by atoms with E-state index in [-0.39, 0.29) is 12.0 Å². The predicted molar refractivity (Wildman–Crippen MR) is 74.0 cm³/mol. The molecule has 0 N–H and O–H groups in total. The van der Waals surface area contributed by atoms with Crippen molar-refractivity contribution in [2.45, 2.75) is 32.1 Å². The third kappa shape index (κ3) is 5.01. The van der Waals surface area contributed by atoms with E-state index in [1.54, 1.807) is 6.92 Å². The summed E-state index contributed by atoms with van der Waals surface area (Å²) in [5, 5.41) is 0. The average molecular weight is 331 g/mol. The number of benzene rings is 2. The van der Waals surface area contributed by atoms with Crippen LogP contribution in [0.4, 0.5) is 26.3 Å². The van der Waals surface area contributed by atoms with Crippen LogP contribution < -0.4 is 0 Å². The van der Waals surface area contributed by atoms with Gasteiger partial charge in [0, 0.05) is 0 Å². The first-order chi connectivity index (χ1) is 10.5. The van der Waals surface area contributed by atoms with Gasteiger partial charge in [0.2, 0.25) is 0 Å². The molecule has 0 aromatic heterocycles. The molecule has 0 saturated heterocycles. The quantitative estimate of drug-likeness (QED) is 0.651. The minimum atomic E-state index is -4.43. The van der Waals surface area contributed by atoms with Gasteiger partial charge >= 0.3 is 12.4 Å². The van der Waals surface area contributed by atoms with Crippen molar-refractivity contribution in [3.8, 4) is 0 Å². The molecule has 2 aromatic rings. The van der Waals surface area contributed by atoms with Crippen LogP contribution in [0, 0.1) is 13.0 Å². The Bertz CT molecular complexity index is 665. The van der Waals surface area contributed by atoms with Crippen LogP contribution in [0.5, 0.6) is 0 Å². The fourth-order valence-corrected chi connectivity index (χ4v) is 2.18. The zero-order valence-corrected chi connectivity index (χ0v) is 12.1. The molecule has 2 aromatic carbocycles. The highest BCUT2D eigenvalue weighted by Crippen LogP contribution is 2.31. The second-order valence-electron chi connectivity index (χ2n) is 5.33. The summed E-state index contributed by atoms with van der Waals surface area (Å²) < 4.78 is 75.0. The first kappa shape index (κ1) is 17.4. The van der Waals surface area contributed by atoms with Crippen LogP contribution in [0.3, 0.4) is 0 Å². The van der Waals surface area contributed by atoms with Crippen molar-refractivity contribution in [2.75, 3.05) is 0 Å². The van der Waals surface area contributed by atoms with E-state index < -0.39 is 24.3 Å². The molecular formula is C17H13F6. The molecule has 0 bridgehead atoms. The third-order valence-corrected chi connectivity index (χ3v) is 3.40. The zero-order valence-electron chi connectivity index (χ0n) is 12.1. The van der Waals surface area contributed by atoms with Gasteiger partial charge in [0.05, 0.1) is 12.0 Å². The number of halogens is 6. The molecule has 0 aliphatic heterocycles. The summed E-state index contributed by atoms with van der Waals surface area (Å²) in [6.45, 7) is 1.69. The summed E-state index contributed by atoms with van der Waals surface area (Å²) in [4.78, 5) is 0. The van der Waals surface area contributed by atoms with Crippen molar-refractivity contribution in [2.24, 2.45) is 0 Å². The topological polar surface area (TPSA) is 0 Å². The van der Waals surface area contributed by atoms with Crippen LogP contribution >= 0.6 is 0 Å². The first-order valence-corrected chi connectivity index (χ1v) is 6.77. The van der Waals surface area contributed by atoms with E-state index in [9.17, 15) is 26.3 Å². The zero-order chi connectivity index (χ0) is 17.3. The van der Waals surface area contributed by atoms with Crippen LogP contribution in [0.2, 0.25) is 0 Å². The van der Waals surface area contributed by atoms with E-state index in [4.69, 9.17) is 0 Å². The Labute approximate surface area is 129 Å². The number of aryl methyl sites for hydroxylation is 1. The lowest BCUT2D eigenvalue weighted by Gasteiger charge is -2.12. The average Bonchev–Trinajstić information content (AvgIpc) is 2.40. The molecule has 0 fully saturated rings. The van der Waals surface area contributed by atoms with Gasteiger partial charge in [-0.15, -0.1) is 0 Å². The molecule has 123 valence electrons. The van der Waals surface area contributed by atoms with Crippen molar-refractivity contribution < 1.29 is 26.3 Å². The molecule has 0 aliphatic rings. The van der Waals surface area contributed by atoms with Crippen LogP contribution in [0.1, 0.15) is 27.8 Å². The van der Waals surface area contributed by atoms with Crippen molar-refractivity contribution >= 4 is 0 Å². The smallest absolute Gasteiger partial charge is 0.171 e. The predicted octanol–water partition coefficient (Wildman–Crippen LogP) is 5.51. The lowest BCUT2D eigenvalue weighted by atomic mass is 9.97. The minimum Gasteiger partial charge on any atom is -0.171 e. The number of alkyl halides is 6. The molecule has 0 aliphatic carbocycles. The molecule has 0 amide bonds. The van der Waals surface area contributed by atoms with E-state index in [0.29, 0.717) is 16.7 Å². The molecule has 6 heteroatoms. The van der Waals surface area contributed by atoms with Crippen LogP contribution in [-0.4, -0.2) is 6.18 Å². The molecule has 0 unspecified atom stereocenters. The van der Waals surface area contributed by atoms with E-state index in [1.165, 1.54) is 24.3 Å². The Kier molecular flexibility index (Phi) is 4.73. The Morgan fingerprint density at radius 3 is 2.17 bits per heavy atom. The number of rotatable bonds is 3. The number of hydrogen-bond acceptors (Lipinski definition) is 0. The highest BCUT2D eigenvalue weighted by Gasteiger charge is 2.30. The summed E-state index contributed by atoms with van der Waals surface area (Å²) in [6, 6.07) is 10.2. The maximum absolute atomic E-state index is 12.7. The van der Waals surface area contributed by atoms with Crippen molar-refractivity contribution in [3.05, 3.63) is 70.3 Å². The highest BCUT2D eigenvalue weighted by molar-refractivity contribution is 5.36. The molecule has 0 spiro atoms. The number of hydrogen-bond donors (Lipinski definition) is 0. The Hall–Kier alpha value is -1.98. The molecule has 0 nitrogen and oxygen atoms in total. The van der Waals surface area contributed by atoms with Gasteiger partial charge in [0.15, 0.2) is 0 Å². The molecule has 23 heavy (non-hydrogen) atoms. The van der Waals surface area contributed by atoms with Crippen molar-refractivity contribution in [3.63, 3.8) is 0 Å². The standard InChI is InChI=1S/C17H13F6/c1-11-2-7-15(17(21,22)23)9-14(11)8-12-3-5-13(6-4-12)10-16(18,19)20/h2-3,5-7,9H,8,10H2,1H3. The maximum Gasteiger partial charge on any atom is 0.416 e. The van der Waals surface area contributed by atoms with Gasteiger partial charge in [0.25, 0.3) is 0 Å². The molecule has 2 rings (SSSR count). The van der Waals surface area contributed by atoms with Gasteiger partial charge < -0.3 is 0 Å². The van der Waals surface area contributed by atoms with Gasteiger partial charge in [-0.05, 0) is 53.8 Å². The Morgan fingerprint density at radius 2 is 1.65 bits per heavy atom. The molecule has 0 heterocycles. The Balaban J connectivity index is 2.19. The normalized spacial score (nSPS) is 12.5. The van der Waals surface area contributed by atoms with Crippen molar-refractivity contribution in [1.29, 1.82) is 0 Å². The Morgan fingerprint density at radius 1 is 0.957 bits per heavy atom. The fourth-order valence-electron chi connectivity index (χ4n) is 2.18. The second kappa shape index (κ2) is 6.26. The van der Waals surface area contributed by atoms with Gasteiger partial charge in [0.1, 0.15) is 0 Å². The van der Waals surface area contributed by atoms with Crippen LogP contribution in [0.25, 0.3) is 0 Å². The van der Waals surface area contributed by atoms with Gasteiger partial charge in [-0.1, -0.05) is 24.3 Å². The lowest BCUT2D eigenvalue weighted by molar-refractivity contribution is -0.137. The van der Waals surface area contributed by atoms with Gasteiger partial charge in [-0.3, -0.25) is 0 Å². The summed E-state index contributed by atoms with van der Waals surface area (Å²) in [6.07, 6.45) is -9.59. The van der Waals surface area contributed by atoms with E-state index >= 15 is 0 Å². The SMILES string of the molecule is Cc1ccc(C(F)(F)F)cc1Cc1[c]cc(CC(F)(F)F)cc1. The lowest BCUT2D eigenvalue weighted by Crippen LogP contribution is -2.11. The van der Waals surface area contributed by atoms with Crippen LogP contribution in [0.15, 0.2) is 36.4 Å². The molecular weight excluding hydrogens is 318 g/mol. The summed E-state index contributed by atoms with van der Waals surface area (Å²) >= 11 is 0. The second-order valence-corrected chi connectivity index (χ2v) is 5.33. The molecule has 1 radical (unpaired) electrons. The first-order valence-electron chi connectivity index (χ1n) is 6.77. The molecule has 0 atom stereocenters. The van der Waals surface area contributed by atoms with E-state index in [0.717, 1.165) is 12.1 Å². The van der Waals surface area contributed by atoms with E-state index in [1.807, 2.05) is 0 Å². The molecule has 0 saturated carbocycles. The maximum atomic E-state index is 12.7. The fraction of sp³-hybridized carbons (Fsp3) is 0.294. The highest BCUT2D eigenvalue weighted by atomic mass is 19.4. The summed E-state index contributed by atoms with van der Waals surface area (Å²) in [5.41, 5.74) is 1.03. The minimum absolute atomic E-state index is 0.0713.